The van der Waals surface area contributed by atoms with E-state index in [9.17, 15) is 21.6 Å². The Morgan fingerprint density at radius 1 is 1.08 bits per heavy atom. The van der Waals surface area contributed by atoms with E-state index in [-0.39, 0.29) is 16.2 Å². The zero-order valence-electron chi connectivity index (χ0n) is 13.7. The van der Waals surface area contributed by atoms with Crippen LogP contribution >= 0.6 is 0 Å². The van der Waals surface area contributed by atoms with Gasteiger partial charge in [-0.05, 0) is 30.5 Å². The molecule has 0 radical (unpaired) electrons. The molecule has 1 aliphatic rings. The smallest absolute Gasteiger partial charge is 0.264 e. The van der Waals surface area contributed by atoms with Crippen LogP contribution in [-0.4, -0.2) is 29.0 Å². The number of sulfone groups is 1. The van der Waals surface area contributed by atoms with E-state index in [4.69, 9.17) is 0 Å². The van der Waals surface area contributed by atoms with Gasteiger partial charge in [-0.15, -0.1) is 0 Å². The van der Waals surface area contributed by atoms with E-state index in [1.54, 1.807) is 0 Å². The summed E-state index contributed by atoms with van der Waals surface area (Å²) in [6.45, 7) is 0. The maximum absolute atomic E-state index is 12.2. The van der Waals surface area contributed by atoms with Gasteiger partial charge in [-0.3, -0.25) is 4.79 Å². The normalized spacial score (nSPS) is 16.7. The molecule has 0 heterocycles. The van der Waals surface area contributed by atoms with Crippen molar-refractivity contribution in [1.29, 1.82) is 0 Å². The lowest BCUT2D eigenvalue weighted by Crippen LogP contribution is -2.31. The molecule has 0 aliphatic heterocycles. The van der Waals surface area contributed by atoms with Crippen LogP contribution in [0.15, 0.2) is 34.1 Å². The number of carbonyl (C=O) groups excluding carboxylic acids is 1. The molecule has 1 aromatic rings. The van der Waals surface area contributed by atoms with Gasteiger partial charge >= 0.3 is 0 Å². The highest BCUT2D eigenvalue weighted by Gasteiger charge is 2.21. The van der Waals surface area contributed by atoms with E-state index in [0.717, 1.165) is 25.2 Å². The minimum Gasteiger partial charge on any atom is -0.274 e. The summed E-state index contributed by atoms with van der Waals surface area (Å²) in [5, 5.41) is 0. The number of carbonyl (C=O) groups is 1. The molecule has 0 saturated heterocycles. The van der Waals surface area contributed by atoms with Gasteiger partial charge in [0.15, 0.2) is 9.84 Å². The molecule has 0 unspecified atom stereocenters. The standard InChI is InChI=1S/C16H23NO5S2/c1-23(19,20)14-8-5-9-15(12-14)24(21,22)17-16(18)11-10-13-6-3-2-4-7-13/h5,8-9,12-13H,2-4,6-7,10-11H2,1H3,(H,17,18). The molecule has 1 fully saturated rings. The first kappa shape index (κ1) is 18.9. The average molecular weight is 373 g/mol. The van der Waals surface area contributed by atoms with Gasteiger partial charge in [-0.25, -0.2) is 21.6 Å². The Morgan fingerprint density at radius 3 is 2.33 bits per heavy atom. The van der Waals surface area contributed by atoms with Crippen LogP contribution in [0.25, 0.3) is 0 Å². The van der Waals surface area contributed by atoms with Crippen molar-refractivity contribution in [3.8, 4) is 0 Å². The molecule has 0 atom stereocenters. The third-order valence-corrected chi connectivity index (χ3v) is 6.78. The molecule has 24 heavy (non-hydrogen) atoms. The summed E-state index contributed by atoms with van der Waals surface area (Å²) in [6, 6.07) is 4.99. The molecule has 0 bridgehead atoms. The van der Waals surface area contributed by atoms with Crippen LogP contribution in [-0.2, 0) is 24.7 Å². The van der Waals surface area contributed by atoms with Crippen molar-refractivity contribution in [1.82, 2.24) is 4.72 Å². The zero-order valence-corrected chi connectivity index (χ0v) is 15.3. The molecule has 6 nitrogen and oxygen atoms in total. The fourth-order valence-electron chi connectivity index (χ4n) is 2.94. The first-order chi connectivity index (χ1) is 11.2. The number of benzene rings is 1. The molecule has 0 spiro atoms. The van der Waals surface area contributed by atoms with Crippen LogP contribution in [0.4, 0.5) is 0 Å². The average Bonchev–Trinajstić information content (AvgIpc) is 2.53. The Morgan fingerprint density at radius 2 is 1.71 bits per heavy atom. The summed E-state index contributed by atoms with van der Waals surface area (Å²) in [6.07, 6.45) is 7.61. The molecule has 1 N–H and O–H groups in total. The molecule has 2 rings (SSSR count). The minimum atomic E-state index is -4.06. The Balaban J connectivity index is 2.01. The molecular weight excluding hydrogens is 350 g/mol. The first-order valence-corrected chi connectivity index (χ1v) is 11.4. The number of rotatable bonds is 6. The van der Waals surface area contributed by atoms with Crippen molar-refractivity contribution in [2.75, 3.05) is 6.26 Å². The maximum Gasteiger partial charge on any atom is 0.264 e. The summed E-state index contributed by atoms with van der Waals surface area (Å²) in [5.41, 5.74) is 0. The summed E-state index contributed by atoms with van der Waals surface area (Å²) < 4.78 is 49.6. The molecule has 1 saturated carbocycles. The number of hydrogen-bond acceptors (Lipinski definition) is 5. The predicted octanol–water partition coefficient (Wildman–Crippen LogP) is 2.26. The largest absolute Gasteiger partial charge is 0.274 e. The van der Waals surface area contributed by atoms with Crippen molar-refractivity contribution >= 4 is 25.8 Å². The number of sulfonamides is 1. The van der Waals surface area contributed by atoms with Crippen LogP contribution in [0, 0.1) is 5.92 Å². The maximum atomic E-state index is 12.2. The molecule has 1 amide bonds. The second kappa shape index (κ2) is 7.65. The van der Waals surface area contributed by atoms with Crippen molar-refractivity contribution in [2.24, 2.45) is 5.92 Å². The third-order valence-electron chi connectivity index (χ3n) is 4.30. The quantitative estimate of drug-likeness (QED) is 0.825. The van der Waals surface area contributed by atoms with Gasteiger partial charge in [0.05, 0.1) is 9.79 Å². The van der Waals surface area contributed by atoms with Gasteiger partial charge in [-0.2, -0.15) is 0 Å². The van der Waals surface area contributed by atoms with Gasteiger partial charge in [-0.1, -0.05) is 38.2 Å². The van der Waals surface area contributed by atoms with Gasteiger partial charge in [0, 0.05) is 12.7 Å². The summed E-state index contributed by atoms with van der Waals surface area (Å²) in [5.74, 6) is -0.0638. The van der Waals surface area contributed by atoms with Gasteiger partial charge in [0.2, 0.25) is 5.91 Å². The van der Waals surface area contributed by atoms with E-state index in [1.807, 2.05) is 4.72 Å². The molecule has 8 heteroatoms. The molecule has 0 aromatic heterocycles. The number of hydrogen-bond donors (Lipinski definition) is 1. The minimum absolute atomic E-state index is 0.0972. The van der Waals surface area contributed by atoms with Crippen molar-refractivity contribution < 1.29 is 21.6 Å². The summed E-state index contributed by atoms with van der Waals surface area (Å²) in [4.78, 5) is 11.6. The van der Waals surface area contributed by atoms with E-state index in [2.05, 4.69) is 0 Å². The topological polar surface area (TPSA) is 97.4 Å². The highest BCUT2D eigenvalue weighted by atomic mass is 32.2. The van der Waals surface area contributed by atoms with Crippen LogP contribution in [0.1, 0.15) is 44.9 Å². The van der Waals surface area contributed by atoms with E-state index in [0.29, 0.717) is 12.3 Å². The van der Waals surface area contributed by atoms with Crippen LogP contribution < -0.4 is 4.72 Å². The Labute approximate surface area is 143 Å². The SMILES string of the molecule is CS(=O)(=O)c1cccc(S(=O)(=O)NC(=O)CCC2CCCCC2)c1. The van der Waals surface area contributed by atoms with Crippen LogP contribution in [0.5, 0.6) is 0 Å². The Hall–Kier alpha value is -1.41. The zero-order chi connectivity index (χ0) is 17.8. The third kappa shape index (κ3) is 5.31. The fourth-order valence-corrected chi connectivity index (χ4v) is 4.74. The second-order valence-corrected chi connectivity index (χ2v) is 10.0. The van der Waals surface area contributed by atoms with Crippen LogP contribution in [0.3, 0.4) is 0 Å². The number of amides is 1. The Bertz CT molecular complexity index is 794. The van der Waals surface area contributed by atoms with E-state index >= 15 is 0 Å². The molecule has 134 valence electrons. The highest BCUT2D eigenvalue weighted by molar-refractivity contribution is 7.91. The lowest BCUT2D eigenvalue weighted by molar-refractivity contribution is -0.119. The second-order valence-electron chi connectivity index (χ2n) is 6.32. The van der Waals surface area contributed by atoms with E-state index < -0.39 is 25.8 Å². The van der Waals surface area contributed by atoms with Crippen molar-refractivity contribution in [3.63, 3.8) is 0 Å². The van der Waals surface area contributed by atoms with Crippen molar-refractivity contribution in [3.05, 3.63) is 24.3 Å². The predicted molar refractivity (Wildman–Crippen MR) is 90.7 cm³/mol. The molecular formula is C16H23NO5S2. The van der Waals surface area contributed by atoms with Gasteiger partial charge in [0.1, 0.15) is 0 Å². The summed E-state index contributed by atoms with van der Waals surface area (Å²) in [7, 11) is -7.58. The molecule has 1 aromatic carbocycles. The van der Waals surface area contributed by atoms with Crippen LogP contribution in [0.2, 0.25) is 0 Å². The highest BCUT2D eigenvalue weighted by Crippen LogP contribution is 2.27. The van der Waals surface area contributed by atoms with Gasteiger partial charge < -0.3 is 0 Å². The van der Waals surface area contributed by atoms with Crippen molar-refractivity contribution in [2.45, 2.75) is 54.7 Å². The lowest BCUT2D eigenvalue weighted by Gasteiger charge is -2.20. The van der Waals surface area contributed by atoms with E-state index in [1.165, 1.54) is 37.5 Å². The lowest BCUT2D eigenvalue weighted by atomic mass is 9.86. The first-order valence-electron chi connectivity index (χ1n) is 8.04. The fraction of sp³-hybridized carbons (Fsp3) is 0.562. The monoisotopic (exact) mass is 373 g/mol. The Kier molecular flexibility index (Phi) is 6.03. The number of nitrogens with one attached hydrogen (secondary N) is 1. The van der Waals surface area contributed by atoms with Gasteiger partial charge in [0.25, 0.3) is 10.0 Å². The molecule has 1 aliphatic carbocycles. The summed E-state index contributed by atoms with van der Waals surface area (Å²) >= 11 is 0.